The highest BCUT2D eigenvalue weighted by atomic mass is 16.6. The van der Waals surface area contributed by atoms with Crippen molar-refractivity contribution in [3.05, 3.63) is 112 Å². The fourth-order valence-electron chi connectivity index (χ4n) is 2.48. The lowest BCUT2D eigenvalue weighted by Gasteiger charge is -2.13. The van der Waals surface area contributed by atoms with E-state index in [1.807, 2.05) is 66.7 Å². The molecule has 0 fully saturated rings. The van der Waals surface area contributed by atoms with Crippen LogP contribution < -0.4 is 5.32 Å². The van der Waals surface area contributed by atoms with Gasteiger partial charge < -0.3 is 5.32 Å². The first-order chi connectivity index (χ1) is 11.8. The fraction of sp³-hybridized carbons (Fsp3) is 0. The van der Waals surface area contributed by atoms with Crippen molar-refractivity contribution in [2.24, 2.45) is 0 Å². The number of anilines is 1. The number of benzene rings is 3. The smallest absolute Gasteiger partial charge is 0.300 e. The van der Waals surface area contributed by atoms with Gasteiger partial charge in [-0.25, -0.2) is 0 Å². The summed E-state index contributed by atoms with van der Waals surface area (Å²) in [6.07, 6.45) is 0. The second-order valence-electron chi connectivity index (χ2n) is 5.20. The predicted molar refractivity (Wildman–Crippen MR) is 96.8 cm³/mol. The molecule has 0 unspecified atom stereocenters. The second-order valence-corrected chi connectivity index (χ2v) is 5.20. The SMILES string of the molecule is O=[N+]([O-])C(=C(Nc1ccccc1)c1ccccc1)c1ccccc1. The largest absolute Gasteiger partial charge is 0.349 e. The van der Waals surface area contributed by atoms with Gasteiger partial charge >= 0.3 is 0 Å². The van der Waals surface area contributed by atoms with Crippen LogP contribution in [0.3, 0.4) is 0 Å². The minimum Gasteiger partial charge on any atom is -0.349 e. The molecule has 118 valence electrons. The molecule has 0 saturated heterocycles. The zero-order valence-corrected chi connectivity index (χ0v) is 12.9. The summed E-state index contributed by atoms with van der Waals surface area (Å²) in [5, 5.41) is 15.0. The lowest BCUT2D eigenvalue weighted by molar-refractivity contribution is -0.374. The van der Waals surface area contributed by atoms with Gasteiger partial charge in [0.15, 0.2) is 0 Å². The van der Waals surface area contributed by atoms with Gasteiger partial charge in [0.2, 0.25) is 0 Å². The van der Waals surface area contributed by atoms with Crippen LogP contribution >= 0.6 is 0 Å². The molecule has 0 aliphatic rings. The van der Waals surface area contributed by atoms with Crippen LogP contribution in [0.15, 0.2) is 91.0 Å². The van der Waals surface area contributed by atoms with Gasteiger partial charge in [0.25, 0.3) is 5.70 Å². The lowest BCUT2D eigenvalue weighted by Crippen LogP contribution is -2.08. The highest BCUT2D eigenvalue weighted by Gasteiger charge is 2.22. The summed E-state index contributed by atoms with van der Waals surface area (Å²) in [7, 11) is 0. The first-order valence-corrected chi connectivity index (χ1v) is 7.57. The Bertz CT molecular complexity index is 845. The van der Waals surface area contributed by atoms with Crippen LogP contribution in [0.2, 0.25) is 0 Å². The van der Waals surface area contributed by atoms with E-state index in [0.29, 0.717) is 11.3 Å². The Kier molecular flexibility index (Phi) is 4.68. The van der Waals surface area contributed by atoms with Gasteiger partial charge in [-0.05, 0) is 24.3 Å². The van der Waals surface area contributed by atoms with Crippen LogP contribution in [0.5, 0.6) is 0 Å². The molecule has 24 heavy (non-hydrogen) atoms. The average molecular weight is 316 g/mol. The molecule has 0 bridgehead atoms. The van der Waals surface area contributed by atoms with E-state index >= 15 is 0 Å². The number of rotatable bonds is 5. The summed E-state index contributed by atoms with van der Waals surface area (Å²) in [6.45, 7) is 0. The molecular formula is C20H16N2O2. The Balaban J connectivity index is 2.19. The highest BCUT2D eigenvalue weighted by Crippen LogP contribution is 2.28. The summed E-state index contributed by atoms with van der Waals surface area (Å²) < 4.78 is 0. The Hall–Kier alpha value is -3.40. The third kappa shape index (κ3) is 3.50. The van der Waals surface area contributed by atoms with Crippen LogP contribution in [0.1, 0.15) is 11.1 Å². The standard InChI is InChI=1S/C20H16N2O2/c23-22(24)20(17-12-6-2-7-13-17)19(16-10-4-1-5-11-16)21-18-14-8-3-9-15-18/h1-15,21H. The molecule has 0 aliphatic carbocycles. The maximum Gasteiger partial charge on any atom is 0.300 e. The Morgan fingerprint density at radius 3 is 1.67 bits per heavy atom. The minimum atomic E-state index is -0.340. The third-order valence-corrected chi connectivity index (χ3v) is 3.57. The Labute approximate surface area is 140 Å². The molecule has 0 heterocycles. The zero-order valence-electron chi connectivity index (χ0n) is 12.9. The van der Waals surface area contributed by atoms with Crippen molar-refractivity contribution < 1.29 is 4.92 Å². The van der Waals surface area contributed by atoms with Crippen molar-refractivity contribution in [3.8, 4) is 0 Å². The van der Waals surface area contributed by atoms with Crippen LogP contribution in [-0.4, -0.2) is 4.92 Å². The van der Waals surface area contributed by atoms with Gasteiger partial charge in [0.05, 0.1) is 10.5 Å². The third-order valence-electron chi connectivity index (χ3n) is 3.57. The maximum atomic E-state index is 11.8. The molecule has 0 amide bonds. The Morgan fingerprint density at radius 2 is 1.17 bits per heavy atom. The first-order valence-electron chi connectivity index (χ1n) is 7.57. The molecule has 0 aliphatic heterocycles. The number of hydrogen-bond acceptors (Lipinski definition) is 3. The molecule has 0 spiro atoms. The molecular weight excluding hydrogens is 300 g/mol. The van der Waals surface area contributed by atoms with Gasteiger partial charge in [-0.1, -0.05) is 66.7 Å². The van der Waals surface area contributed by atoms with Gasteiger partial charge in [-0.3, -0.25) is 10.1 Å². The van der Waals surface area contributed by atoms with E-state index in [0.717, 1.165) is 11.3 Å². The number of para-hydroxylation sites is 1. The van der Waals surface area contributed by atoms with Crippen LogP contribution in [-0.2, 0) is 0 Å². The number of nitrogens with one attached hydrogen (secondary N) is 1. The molecule has 3 aromatic carbocycles. The van der Waals surface area contributed by atoms with Gasteiger partial charge in [-0.2, -0.15) is 0 Å². The minimum absolute atomic E-state index is 0.0469. The van der Waals surface area contributed by atoms with Crippen molar-refractivity contribution in [2.75, 3.05) is 5.32 Å². The number of nitrogens with zero attached hydrogens (tertiary/aromatic N) is 1. The van der Waals surface area contributed by atoms with E-state index in [-0.39, 0.29) is 10.6 Å². The fourth-order valence-corrected chi connectivity index (χ4v) is 2.48. The Morgan fingerprint density at radius 1 is 0.708 bits per heavy atom. The molecule has 0 atom stereocenters. The summed E-state index contributed by atoms with van der Waals surface area (Å²) in [4.78, 5) is 11.5. The van der Waals surface area contributed by atoms with Crippen molar-refractivity contribution >= 4 is 17.1 Å². The van der Waals surface area contributed by atoms with E-state index in [1.165, 1.54) is 0 Å². The van der Waals surface area contributed by atoms with Gasteiger partial charge in [0, 0.05) is 11.3 Å². The van der Waals surface area contributed by atoms with Crippen molar-refractivity contribution in [1.29, 1.82) is 0 Å². The van der Waals surface area contributed by atoms with E-state index in [2.05, 4.69) is 5.32 Å². The first kappa shape index (κ1) is 15.5. The van der Waals surface area contributed by atoms with E-state index in [4.69, 9.17) is 0 Å². The van der Waals surface area contributed by atoms with E-state index in [1.54, 1.807) is 24.3 Å². The summed E-state index contributed by atoms with van der Waals surface area (Å²) in [6, 6.07) is 27.7. The summed E-state index contributed by atoms with van der Waals surface area (Å²) >= 11 is 0. The van der Waals surface area contributed by atoms with E-state index < -0.39 is 0 Å². The number of hydrogen-bond donors (Lipinski definition) is 1. The summed E-state index contributed by atoms with van der Waals surface area (Å²) in [5.74, 6) is 0. The lowest BCUT2D eigenvalue weighted by atomic mass is 10.0. The predicted octanol–water partition coefficient (Wildman–Crippen LogP) is 4.90. The van der Waals surface area contributed by atoms with Crippen LogP contribution in [0.4, 0.5) is 5.69 Å². The van der Waals surface area contributed by atoms with Crippen molar-refractivity contribution in [2.45, 2.75) is 0 Å². The molecule has 0 aromatic heterocycles. The van der Waals surface area contributed by atoms with E-state index in [9.17, 15) is 10.1 Å². The normalized spacial score (nSPS) is 11.5. The van der Waals surface area contributed by atoms with Crippen molar-refractivity contribution in [1.82, 2.24) is 0 Å². The second kappa shape index (κ2) is 7.24. The molecule has 3 rings (SSSR count). The zero-order chi connectivity index (χ0) is 16.8. The molecule has 0 saturated carbocycles. The van der Waals surface area contributed by atoms with Gasteiger partial charge in [0.1, 0.15) is 5.70 Å². The van der Waals surface area contributed by atoms with Crippen LogP contribution in [0, 0.1) is 10.1 Å². The number of nitro groups is 1. The molecule has 0 radical (unpaired) electrons. The quantitative estimate of drug-likeness (QED) is 0.414. The van der Waals surface area contributed by atoms with Crippen molar-refractivity contribution in [3.63, 3.8) is 0 Å². The highest BCUT2D eigenvalue weighted by molar-refractivity contribution is 5.92. The average Bonchev–Trinajstić information content (AvgIpc) is 2.63. The molecule has 1 N–H and O–H groups in total. The summed E-state index contributed by atoms with van der Waals surface area (Å²) in [5.41, 5.74) is 2.64. The van der Waals surface area contributed by atoms with Gasteiger partial charge in [-0.15, -0.1) is 0 Å². The molecule has 4 heteroatoms. The van der Waals surface area contributed by atoms with Crippen LogP contribution in [0.25, 0.3) is 11.4 Å². The topological polar surface area (TPSA) is 55.2 Å². The molecule has 3 aromatic rings. The maximum absolute atomic E-state index is 11.8. The monoisotopic (exact) mass is 316 g/mol. The molecule has 4 nitrogen and oxygen atoms in total.